The molecule has 0 bridgehead atoms. The molecule has 0 amide bonds. The van der Waals surface area contributed by atoms with Crippen molar-refractivity contribution in [1.29, 1.82) is 0 Å². The van der Waals surface area contributed by atoms with Crippen LogP contribution in [0.3, 0.4) is 0 Å². The Kier molecular flexibility index (Phi) is 3.18. The van der Waals surface area contributed by atoms with Crippen LogP contribution < -0.4 is 5.48 Å². The van der Waals surface area contributed by atoms with E-state index in [-0.39, 0.29) is 0 Å². The normalized spacial score (nSPS) is 11.2. The Morgan fingerprint density at radius 3 is 2.38 bits per heavy atom. The smallest absolute Gasteiger partial charge is 0.247 e. The van der Waals surface area contributed by atoms with E-state index in [1.54, 1.807) is 18.2 Å². The summed E-state index contributed by atoms with van der Waals surface area (Å²) in [5.74, 6) is 0. The van der Waals surface area contributed by atoms with Crippen LogP contribution in [0.1, 0.15) is 0 Å². The SMILES string of the molecule is O=S(=O)(OF)ONc1ccccc1. The van der Waals surface area contributed by atoms with Crippen molar-refractivity contribution in [3.63, 3.8) is 0 Å². The zero-order valence-corrected chi connectivity index (χ0v) is 7.12. The fourth-order valence-electron chi connectivity index (χ4n) is 0.618. The number of nitrogens with one attached hydrogen (secondary N) is 1. The molecule has 0 atom stereocenters. The van der Waals surface area contributed by atoms with Gasteiger partial charge in [0.1, 0.15) is 0 Å². The highest BCUT2D eigenvalue weighted by Crippen LogP contribution is 2.06. The van der Waals surface area contributed by atoms with Crippen LogP contribution in [-0.2, 0) is 19.1 Å². The topological polar surface area (TPSA) is 64.6 Å². The van der Waals surface area contributed by atoms with Gasteiger partial charge >= 0.3 is 10.4 Å². The van der Waals surface area contributed by atoms with Gasteiger partial charge in [-0.05, 0) is 21.0 Å². The summed E-state index contributed by atoms with van der Waals surface area (Å²) in [6, 6.07) is 8.09. The maximum atomic E-state index is 11.2. The van der Waals surface area contributed by atoms with E-state index in [4.69, 9.17) is 0 Å². The van der Waals surface area contributed by atoms with E-state index in [1.807, 2.05) is 5.48 Å². The van der Waals surface area contributed by atoms with Crippen molar-refractivity contribution in [1.82, 2.24) is 0 Å². The average molecular weight is 207 g/mol. The van der Waals surface area contributed by atoms with Crippen LogP contribution in [0.25, 0.3) is 0 Å². The van der Waals surface area contributed by atoms with Crippen LogP contribution in [0.15, 0.2) is 30.3 Å². The minimum Gasteiger partial charge on any atom is -0.247 e. The van der Waals surface area contributed by atoms with E-state index in [9.17, 15) is 12.9 Å². The van der Waals surface area contributed by atoms with Gasteiger partial charge in [0.05, 0.1) is 5.69 Å². The van der Waals surface area contributed by atoms with Crippen LogP contribution in [0.5, 0.6) is 0 Å². The van der Waals surface area contributed by atoms with Crippen molar-refractivity contribution in [2.75, 3.05) is 5.48 Å². The third-order valence-corrected chi connectivity index (χ3v) is 1.55. The third-order valence-electron chi connectivity index (χ3n) is 1.11. The Balaban J connectivity index is 2.54. The quantitative estimate of drug-likeness (QED) is 0.751. The standard InChI is InChI=1S/C6H6FNO4S/c7-11-13(9,10)12-8-6-4-2-1-3-5-6/h1-5,8H. The van der Waals surface area contributed by atoms with Gasteiger partial charge in [-0.25, -0.2) is 5.48 Å². The van der Waals surface area contributed by atoms with Crippen molar-refractivity contribution >= 4 is 16.1 Å². The number of anilines is 1. The highest BCUT2D eigenvalue weighted by atomic mass is 32.3. The predicted molar refractivity (Wildman–Crippen MR) is 42.3 cm³/mol. The van der Waals surface area contributed by atoms with Gasteiger partial charge in [-0.1, -0.05) is 18.2 Å². The third kappa shape index (κ3) is 3.36. The van der Waals surface area contributed by atoms with Gasteiger partial charge in [0.25, 0.3) is 0 Å². The molecule has 7 heteroatoms. The lowest BCUT2D eigenvalue weighted by Crippen LogP contribution is -2.10. The molecular weight excluding hydrogens is 201 g/mol. The second-order valence-corrected chi connectivity index (χ2v) is 3.13. The van der Waals surface area contributed by atoms with E-state index in [0.29, 0.717) is 5.69 Å². The average Bonchev–Trinajstić information content (AvgIpc) is 2.17. The maximum absolute atomic E-state index is 11.2. The molecule has 0 aliphatic rings. The first-order valence-electron chi connectivity index (χ1n) is 3.19. The van der Waals surface area contributed by atoms with Crippen molar-refractivity contribution in [2.45, 2.75) is 0 Å². The lowest BCUT2D eigenvalue weighted by Gasteiger charge is -2.02. The minimum absolute atomic E-state index is 0.364. The number of hydrogen-bond acceptors (Lipinski definition) is 5. The molecule has 0 heterocycles. The molecule has 0 aromatic heterocycles. The molecule has 0 aliphatic heterocycles. The fraction of sp³-hybridized carbons (Fsp3) is 0. The molecule has 1 N–H and O–H groups in total. The van der Waals surface area contributed by atoms with E-state index < -0.39 is 10.4 Å². The van der Waals surface area contributed by atoms with Gasteiger partial charge in [0.15, 0.2) is 0 Å². The molecule has 5 nitrogen and oxygen atoms in total. The summed E-state index contributed by atoms with van der Waals surface area (Å²) in [6.45, 7) is 0. The van der Waals surface area contributed by atoms with Crippen molar-refractivity contribution in [2.24, 2.45) is 0 Å². The highest BCUT2D eigenvalue weighted by Gasteiger charge is 2.12. The molecule has 0 fully saturated rings. The number of halogens is 1. The van der Waals surface area contributed by atoms with Crippen molar-refractivity contribution in [3.05, 3.63) is 30.3 Å². The van der Waals surface area contributed by atoms with Gasteiger partial charge < -0.3 is 0 Å². The number of para-hydroxylation sites is 1. The Hall–Kier alpha value is -1.18. The maximum Gasteiger partial charge on any atom is 0.451 e. The molecule has 1 rings (SSSR count). The van der Waals surface area contributed by atoms with Gasteiger partial charge in [-0.2, -0.15) is 8.42 Å². The molecule has 0 spiro atoms. The molecule has 0 unspecified atom stereocenters. The van der Waals surface area contributed by atoms with Gasteiger partial charge in [-0.15, -0.1) is 4.28 Å². The van der Waals surface area contributed by atoms with Crippen LogP contribution in [0.2, 0.25) is 0 Å². The molecule has 13 heavy (non-hydrogen) atoms. The first kappa shape index (κ1) is 9.90. The predicted octanol–water partition coefficient (Wildman–Crippen LogP) is 1.18. The summed E-state index contributed by atoms with van der Waals surface area (Å²) in [7, 11) is -4.60. The van der Waals surface area contributed by atoms with Crippen LogP contribution >= 0.6 is 0 Å². The molecule has 1 aromatic carbocycles. The molecule has 0 saturated carbocycles. The molecule has 72 valence electrons. The van der Waals surface area contributed by atoms with Crippen molar-refractivity contribution in [3.8, 4) is 0 Å². The molecular formula is C6H6FNO4S. The van der Waals surface area contributed by atoms with Crippen molar-refractivity contribution < 1.29 is 21.6 Å². The molecule has 0 saturated heterocycles. The van der Waals surface area contributed by atoms with E-state index in [0.717, 1.165) is 0 Å². The summed E-state index contributed by atoms with van der Waals surface area (Å²) in [4.78, 5) is 0. The second-order valence-electron chi connectivity index (χ2n) is 2.02. The summed E-state index contributed by atoms with van der Waals surface area (Å²) in [5, 5.41) is 0. The lowest BCUT2D eigenvalue weighted by molar-refractivity contribution is -0.0149. The van der Waals surface area contributed by atoms with E-state index >= 15 is 0 Å². The molecule has 1 aromatic rings. The van der Waals surface area contributed by atoms with Crippen LogP contribution in [0, 0.1) is 0 Å². The summed E-state index contributed by atoms with van der Waals surface area (Å²) >= 11 is 0. The number of rotatable bonds is 4. The monoisotopic (exact) mass is 207 g/mol. The minimum atomic E-state index is -4.60. The molecule has 0 aliphatic carbocycles. The zero-order chi connectivity index (χ0) is 9.73. The number of hydrogen-bond donors (Lipinski definition) is 1. The summed E-state index contributed by atoms with van der Waals surface area (Å²) in [6.07, 6.45) is 0. The zero-order valence-electron chi connectivity index (χ0n) is 6.31. The first-order valence-corrected chi connectivity index (χ1v) is 4.52. The largest absolute Gasteiger partial charge is 0.451 e. The lowest BCUT2D eigenvalue weighted by atomic mass is 10.3. The Labute approximate surface area is 74.3 Å². The Morgan fingerprint density at radius 2 is 1.85 bits per heavy atom. The first-order chi connectivity index (χ1) is 6.14. The van der Waals surface area contributed by atoms with E-state index in [2.05, 4.69) is 8.67 Å². The highest BCUT2D eigenvalue weighted by molar-refractivity contribution is 7.81. The Morgan fingerprint density at radius 1 is 1.23 bits per heavy atom. The van der Waals surface area contributed by atoms with Crippen LogP contribution in [-0.4, -0.2) is 8.42 Å². The van der Waals surface area contributed by atoms with Gasteiger partial charge in [0.2, 0.25) is 0 Å². The number of benzene rings is 1. The fourth-order valence-corrected chi connectivity index (χ4v) is 0.842. The van der Waals surface area contributed by atoms with Gasteiger partial charge in [0, 0.05) is 0 Å². The van der Waals surface area contributed by atoms with E-state index in [1.165, 1.54) is 12.1 Å². The summed E-state index contributed by atoms with van der Waals surface area (Å²) in [5.41, 5.74) is 2.35. The second kappa shape index (κ2) is 4.17. The van der Waals surface area contributed by atoms with Crippen LogP contribution in [0.4, 0.5) is 10.2 Å². The Bertz CT molecular complexity index is 352. The molecule has 0 radical (unpaired) electrons. The van der Waals surface area contributed by atoms with Gasteiger partial charge in [-0.3, -0.25) is 0 Å². The summed E-state index contributed by atoms with van der Waals surface area (Å²) < 4.78 is 38.2.